The van der Waals surface area contributed by atoms with Gasteiger partial charge >= 0.3 is 0 Å². The quantitative estimate of drug-likeness (QED) is 0.873. The van der Waals surface area contributed by atoms with Gasteiger partial charge in [-0.05, 0) is 25.0 Å². The van der Waals surface area contributed by atoms with Crippen LogP contribution in [0.4, 0.5) is 14.5 Å². The molecule has 0 amide bonds. The van der Waals surface area contributed by atoms with Crippen LogP contribution in [0.25, 0.3) is 0 Å². The van der Waals surface area contributed by atoms with Gasteiger partial charge in [0, 0.05) is 11.8 Å². The van der Waals surface area contributed by atoms with Crippen molar-refractivity contribution in [3.8, 4) is 0 Å². The zero-order chi connectivity index (χ0) is 12.3. The van der Waals surface area contributed by atoms with Crippen LogP contribution in [0.5, 0.6) is 0 Å². The van der Waals surface area contributed by atoms with E-state index in [1.54, 1.807) is 11.8 Å². The third-order valence-corrected chi connectivity index (χ3v) is 3.55. The smallest absolute Gasteiger partial charge is 0.161 e. The summed E-state index contributed by atoms with van der Waals surface area (Å²) in [6.45, 7) is 2.08. The van der Waals surface area contributed by atoms with E-state index in [0.717, 1.165) is 24.7 Å². The van der Waals surface area contributed by atoms with E-state index in [1.165, 1.54) is 12.1 Å². The number of nitrogens with one attached hydrogen (secondary N) is 1. The molecule has 1 N–H and O–H groups in total. The fourth-order valence-electron chi connectivity index (χ4n) is 1.63. The van der Waals surface area contributed by atoms with Gasteiger partial charge in [0.05, 0.1) is 11.7 Å². The molecule has 5 heteroatoms. The lowest BCUT2D eigenvalue weighted by Crippen LogP contribution is -2.20. The van der Waals surface area contributed by atoms with Gasteiger partial charge in [0.2, 0.25) is 0 Å². The topological polar surface area (TPSA) is 24.4 Å². The number of nitrogens with zero attached hydrogens (tertiary/aromatic N) is 1. The summed E-state index contributed by atoms with van der Waals surface area (Å²) in [4.78, 5) is 4.47. The lowest BCUT2D eigenvalue weighted by molar-refractivity contribution is 0.586. The highest BCUT2D eigenvalue weighted by molar-refractivity contribution is 8.14. The highest BCUT2D eigenvalue weighted by atomic mass is 32.2. The molecule has 1 unspecified atom stereocenters. The molecule has 1 heterocycles. The minimum absolute atomic E-state index is 0.273. The lowest BCUT2D eigenvalue weighted by Gasteiger charge is -2.19. The Labute approximate surface area is 104 Å². The number of thioether (sulfide) groups is 1. The summed E-state index contributed by atoms with van der Waals surface area (Å²) in [7, 11) is 0. The summed E-state index contributed by atoms with van der Waals surface area (Å²) >= 11 is 1.57. The molecule has 0 aliphatic carbocycles. The van der Waals surface area contributed by atoms with E-state index in [1.807, 2.05) is 0 Å². The predicted octanol–water partition coefficient (Wildman–Crippen LogP) is 3.65. The monoisotopic (exact) mass is 256 g/mol. The molecule has 0 saturated heterocycles. The molecule has 1 atom stereocenters. The van der Waals surface area contributed by atoms with Crippen LogP contribution in [-0.4, -0.2) is 17.0 Å². The summed E-state index contributed by atoms with van der Waals surface area (Å²) in [6, 6.07) is 3.80. The summed E-state index contributed by atoms with van der Waals surface area (Å²) in [6.07, 6.45) is 2.04. The molecular formula is C12H14F2N2S. The first-order chi connectivity index (χ1) is 8.19. The first-order valence-electron chi connectivity index (χ1n) is 5.61. The molecule has 2 rings (SSSR count). The Morgan fingerprint density at radius 3 is 3.00 bits per heavy atom. The zero-order valence-corrected chi connectivity index (χ0v) is 10.4. The summed E-state index contributed by atoms with van der Waals surface area (Å²) in [5.74, 6) is -0.183. The molecule has 1 aliphatic heterocycles. The minimum atomic E-state index is -0.591. The zero-order valence-electron chi connectivity index (χ0n) is 9.54. The van der Waals surface area contributed by atoms with Crippen molar-refractivity contribution in [2.75, 3.05) is 11.1 Å². The minimum Gasteiger partial charge on any atom is -0.333 e. The molecule has 0 bridgehead atoms. The number of halogens is 2. The molecule has 0 spiro atoms. The van der Waals surface area contributed by atoms with Crippen molar-refractivity contribution in [3.05, 3.63) is 29.8 Å². The van der Waals surface area contributed by atoms with Crippen molar-refractivity contribution in [2.45, 2.75) is 25.8 Å². The van der Waals surface area contributed by atoms with Crippen LogP contribution < -0.4 is 5.32 Å². The van der Waals surface area contributed by atoms with Gasteiger partial charge in [0.25, 0.3) is 0 Å². The number of rotatable bonds is 2. The van der Waals surface area contributed by atoms with Crippen molar-refractivity contribution in [1.29, 1.82) is 0 Å². The average Bonchev–Trinajstić information content (AvgIpc) is 2.33. The van der Waals surface area contributed by atoms with Gasteiger partial charge in [-0.2, -0.15) is 0 Å². The highest BCUT2D eigenvalue weighted by Crippen LogP contribution is 2.22. The van der Waals surface area contributed by atoms with Crippen molar-refractivity contribution >= 4 is 22.6 Å². The normalized spacial score (nSPS) is 19.9. The maximum atomic E-state index is 13.4. The average molecular weight is 256 g/mol. The number of hydrogen-bond donors (Lipinski definition) is 1. The number of anilines is 1. The maximum Gasteiger partial charge on any atom is 0.161 e. The van der Waals surface area contributed by atoms with Gasteiger partial charge in [-0.15, -0.1) is 0 Å². The van der Waals surface area contributed by atoms with Crippen LogP contribution in [0, 0.1) is 11.6 Å². The van der Waals surface area contributed by atoms with Gasteiger partial charge in [-0.3, -0.25) is 4.99 Å². The highest BCUT2D eigenvalue weighted by Gasteiger charge is 2.15. The Morgan fingerprint density at radius 2 is 2.29 bits per heavy atom. The molecule has 2 nitrogen and oxygen atoms in total. The van der Waals surface area contributed by atoms with Crippen LogP contribution >= 0.6 is 11.8 Å². The van der Waals surface area contributed by atoms with Crippen LogP contribution in [0.15, 0.2) is 23.2 Å². The van der Waals surface area contributed by atoms with Gasteiger partial charge in [-0.25, -0.2) is 8.78 Å². The van der Waals surface area contributed by atoms with Crippen LogP contribution in [-0.2, 0) is 0 Å². The molecular weight excluding hydrogens is 242 g/mol. The summed E-state index contributed by atoms with van der Waals surface area (Å²) in [5, 5.41) is 3.63. The van der Waals surface area contributed by atoms with Crippen molar-refractivity contribution in [2.24, 2.45) is 4.99 Å². The van der Waals surface area contributed by atoms with E-state index in [2.05, 4.69) is 17.2 Å². The lowest BCUT2D eigenvalue weighted by atomic mass is 10.2. The standard InChI is InChI=1S/C12H14F2N2S/c1-2-9-5-6-17-12(15-9)16-11-4-3-8(13)7-10(11)14/h3-4,7,9H,2,5-6H2,1H3,(H,15,16). The third kappa shape index (κ3) is 3.19. The molecule has 0 saturated carbocycles. The SMILES string of the molecule is CCC1CCSC(Nc2ccc(F)cc2F)=N1. The van der Waals surface area contributed by atoms with Crippen molar-refractivity contribution < 1.29 is 8.78 Å². The molecule has 0 aromatic heterocycles. The third-order valence-electron chi connectivity index (χ3n) is 2.63. The van der Waals surface area contributed by atoms with Gasteiger partial charge in [-0.1, -0.05) is 18.7 Å². The summed E-state index contributed by atoms with van der Waals surface area (Å²) in [5.41, 5.74) is 0.273. The van der Waals surface area contributed by atoms with Gasteiger partial charge in [0.15, 0.2) is 5.17 Å². The van der Waals surface area contributed by atoms with E-state index in [0.29, 0.717) is 11.2 Å². The van der Waals surface area contributed by atoms with Crippen LogP contribution in [0.1, 0.15) is 19.8 Å². The Kier molecular flexibility index (Phi) is 3.99. The van der Waals surface area contributed by atoms with E-state index in [-0.39, 0.29) is 5.69 Å². The van der Waals surface area contributed by atoms with Gasteiger partial charge in [0.1, 0.15) is 11.6 Å². The van der Waals surface area contributed by atoms with Crippen molar-refractivity contribution in [3.63, 3.8) is 0 Å². The van der Waals surface area contributed by atoms with Crippen LogP contribution in [0.2, 0.25) is 0 Å². The number of hydrogen-bond acceptors (Lipinski definition) is 3. The van der Waals surface area contributed by atoms with E-state index < -0.39 is 11.6 Å². The first-order valence-corrected chi connectivity index (χ1v) is 6.60. The Morgan fingerprint density at radius 1 is 1.47 bits per heavy atom. The molecule has 1 aliphatic rings. The van der Waals surface area contributed by atoms with E-state index in [4.69, 9.17) is 0 Å². The Balaban J connectivity index is 2.12. The first kappa shape index (κ1) is 12.4. The predicted molar refractivity (Wildman–Crippen MR) is 68.6 cm³/mol. The fraction of sp³-hybridized carbons (Fsp3) is 0.417. The second-order valence-corrected chi connectivity index (χ2v) is 4.97. The van der Waals surface area contributed by atoms with Crippen molar-refractivity contribution in [1.82, 2.24) is 0 Å². The molecule has 17 heavy (non-hydrogen) atoms. The molecule has 1 aromatic carbocycles. The fourth-order valence-corrected chi connectivity index (χ4v) is 2.62. The number of benzene rings is 1. The molecule has 0 radical (unpaired) electrons. The van der Waals surface area contributed by atoms with E-state index >= 15 is 0 Å². The second-order valence-electron chi connectivity index (χ2n) is 3.88. The van der Waals surface area contributed by atoms with Crippen LogP contribution in [0.3, 0.4) is 0 Å². The van der Waals surface area contributed by atoms with E-state index in [9.17, 15) is 8.78 Å². The number of aliphatic imine (C=N–C) groups is 1. The second kappa shape index (κ2) is 5.49. The number of amidine groups is 1. The Bertz CT molecular complexity index is 435. The molecule has 1 aromatic rings. The Hall–Kier alpha value is -1.10. The maximum absolute atomic E-state index is 13.4. The largest absolute Gasteiger partial charge is 0.333 e. The van der Waals surface area contributed by atoms with Gasteiger partial charge < -0.3 is 5.32 Å². The summed E-state index contributed by atoms with van der Waals surface area (Å²) < 4.78 is 26.2. The molecule has 0 fully saturated rings. The molecule has 92 valence electrons.